The average Bonchev–Trinajstić information content (AvgIpc) is 3.31. The lowest BCUT2D eigenvalue weighted by Gasteiger charge is -2.09. The molecule has 2 N–H and O–H groups in total. The summed E-state index contributed by atoms with van der Waals surface area (Å²) in [5, 5.41) is 9.99. The number of carbonyl (C=O) groups is 2. The predicted octanol–water partition coefficient (Wildman–Crippen LogP) is 5.55. The maximum Gasteiger partial charge on any atom is 0.278 e. The molecule has 0 atom stereocenters. The topological polar surface area (TPSA) is 85.2 Å². The zero-order valence-corrected chi connectivity index (χ0v) is 19.8. The quantitative estimate of drug-likeness (QED) is 0.337. The maximum atomic E-state index is 13.0. The molecule has 2 amide bonds. The number of benzene rings is 3. The smallest absolute Gasteiger partial charge is 0.278 e. The van der Waals surface area contributed by atoms with Crippen LogP contribution in [0.5, 0.6) is 5.75 Å². The fourth-order valence-electron chi connectivity index (χ4n) is 3.54. The molecule has 7 nitrogen and oxygen atoms in total. The van der Waals surface area contributed by atoms with Gasteiger partial charge in [-0.25, -0.2) is 0 Å². The number of aromatic nitrogens is 2. The molecule has 3 aromatic carbocycles. The van der Waals surface area contributed by atoms with E-state index in [0.717, 1.165) is 17.7 Å². The summed E-state index contributed by atoms with van der Waals surface area (Å²) in [5.74, 6) is 0.0524. The summed E-state index contributed by atoms with van der Waals surface area (Å²) >= 11 is 0. The average molecular weight is 469 g/mol. The number of hydrogen-bond donors (Lipinski definition) is 2. The van der Waals surface area contributed by atoms with E-state index in [0.29, 0.717) is 30.1 Å². The molecule has 0 aliphatic rings. The molecule has 0 unspecified atom stereocenters. The van der Waals surface area contributed by atoms with Gasteiger partial charge in [-0.05, 0) is 60.9 Å². The van der Waals surface area contributed by atoms with Crippen molar-refractivity contribution < 1.29 is 14.3 Å². The second-order valence-corrected chi connectivity index (χ2v) is 8.01. The van der Waals surface area contributed by atoms with Gasteiger partial charge in [0, 0.05) is 24.0 Å². The van der Waals surface area contributed by atoms with Crippen LogP contribution < -0.4 is 15.4 Å². The Morgan fingerprint density at radius 1 is 0.857 bits per heavy atom. The lowest BCUT2D eigenvalue weighted by molar-refractivity contribution is 0.102. The normalized spacial score (nSPS) is 10.6. The predicted molar refractivity (Wildman–Crippen MR) is 137 cm³/mol. The van der Waals surface area contributed by atoms with Gasteiger partial charge in [0.1, 0.15) is 12.4 Å². The van der Waals surface area contributed by atoms with E-state index in [2.05, 4.69) is 22.7 Å². The van der Waals surface area contributed by atoms with Gasteiger partial charge in [-0.3, -0.25) is 14.3 Å². The molecule has 4 rings (SSSR count). The second-order valence-electron chi connectivity index (χ2n) is 8.01. The highest BCUT2D eigenvalue weighted by molar-refractivity contribution is 6.11. The first-order valence-electron chi connectivity index (χ1n) is 11.6. The van der Waals surface area contributed by atoms with Crippen molar-refractivity contribution in [3.05, 3.63) is 107 Å². The van der Waals surface area contributed by atoms with Gasteiger partial charge in [0.05, 0.1) is 5.69 Å². The van der Waals surface area contributed by atoms with E-state index in [4.69, 9.17) is 4.74 Å². The van der Waals surface area contributed by atoms with Crippen molar-refractivity contribution in [1.29, 1.82) is 0 Å². The molecule has 1 aromatic heterocycles. The Balaban J connectivity index is 1.45. The Hall–Kier alpha value is -4.39. The molecular formula is C28H28N4O3. The van der Waals surface area contributed by atoms with Gasteiger partial charge in [-0.15, -0.1) is 0 Å². The Labute approximate surface area is 204 Å². The molecule has 0 aliphatic heterocycles. The summed E-state index contributed by atoms with van der Waals surface area (Å²) < 4.78 is 7.49. The zero-order valence-electron chi connectivity index (χ0n) is 19.8. The number of para-hydroxylation sites is 1. The van der Waals surface area contributed by atoms with E-state index in [-0.39, 0.29) is 11.6 Å². The van der Waals surface area contributed by atoms with Crippen LogP contribution >= 0.6 is 0 Å². The maximum absolute atomic E-state index is 13.0. The van der Waals surface area contributed by atoms with Crippen molar-refractivity contribution in [1.82, 2.24) is 9.78 Å². The third kappa shape index (κ3) is 6.14. The number of amides is 2. The highest BCUT2D eigenvalue weighted by Gasteiger charge is 2.19. The van der Waals surface area contributed by atoms with Crippen molar-refractivity contribution >= 4 is 23.2 Å². The van der Waals surface area contributed by atoms with Gasteiger partial charge in [-0.2, -0.15) is 5.10 Å². The lowest BCUT2D eigenvalue weighted by atomic mass is 10.1. The summed E-state index contributed by atoms with van der Waals surface area (Å²) in [7, 11) is 0. The number of carbonyl (C=O) groups excluding carboxylic acids is 2. The molecule has 0 spiro atoms. The van der Waals surface area contributed by atoms with Crippen LogP contribution in [-0.2, 0) is 19.6 Å². The van der Waals surface area contributed by atoms with Gasteiger partial charge in [0.2, 0.25) is 0 Å². The molecule has 0 aliphatic carbocycles. The van der Waals surface area contributed by atoms with Crippen LogP contribution in [0.1, 0.15) is 45.8 Å². The molecule has 0 fully saturated rings. The molecule has 35 heavy (non-hydrogen) atoms. The Kier molecular flexibility index (Phi) is 7.57. The number of hydrogen-bond acceptors (Lipinski definition) is 4. The number of aryl methyl sites for hydroxylation is 2. The molecule has 0 bridgehead atoms. The molecule has 4 aromatic rings. The summed E-state index contributed by atoms with van der Waals surface area (Å²) in [6.45, 7) is 4.92. The van der Waals surface area contributed by atoms with Gasteiger partial charge < -0.3 is 15.4 Å². The summed E-state index contributed by atoms with van der Waals surface area (Å²) in [6, 6.07) is 24.3. The Bertz CT molecular complexity index is 1300. The van der Waals surface area contributed by atoms with E-state index < -0.39 is 5.91 Å². The highest BCUT2D eigenvalue weighted by atomic mass is 16.5. The van der Waals surface area contributed by atoms with Gasteiger partial charge in [0.15, 0.2) is 5.69 Å². The van der Waals surface area contributed by atoms with E-state index in [1.807, 2.05) is 61.5 Å². The molecular weight excluding hydrogens is 440 g/mol. The molecule has 0 saturated heterocycles. The third-order valence-electron chi connectivity index (χ3n) is 5.51. The monoisotopic (exact) mass is 468 g/mol. The first kappa shape index (κ1) is 23.8. The van der Waals surface area contributed by atoms with Crippen LogP contribution in [0.3, 0.4) is 0 Å². The zero-order chi connectivity index (χ0) is 24.6. The number of nitrogens with one attached hydrogen (secondary N) is 2. The van der Waals surface area contributed by atoms with E-state index in [1.54, 1.807) is 35.1 Å². The summed E-state index contributed by atoms with van der Waals surface area (Å²) in [6.07, 6.45) is 2.63. The minimum atomic E-state index is -0.394. The van der Waals surface area contributed by atoms with E-state index >= 15 is 0 Å². The van der Waals surface area contributed by atoms with Crippen molar-refractivity contribution in [3.8, 4) is 5.75 Å². The fourth-order valence-corrected chi connectivity index (χ4v) is 3.54. The number of nitrogens with zero attached hydrogens (tertiary/aromatic N) is 2. The van der Waals surface area contributed by atoms with Crippen molar-refractivity contribution in [3.63, 3.8) is 0 Å². The largest absolute Gasteiger partial charge is 0.489 e. The SMILES string of the molecule is CCc1ccc(OCc2cccc(C(=O)Nc3cn(CC)nc3C(=O)Nc3ccccc3)c2)cc1. The lowest BCUT2D eigenvalue weighted by Crippen LogP contribution is -2.18. The number of ether oxygens (including phenoxy) is 1. The van der Waals surface area contributed by atoms with Gasteiger partial charge >= 0.3 is 0 Å². The second kappa shape index (κ2) is 11.2. The van der Waals surface area contributed by atoms with E-state index in [1.165, 1.54) is 5.56 Å². The molecule has 0 radical (unpaired) electrons. The van der Waals surface area contributed by atoms with Gasteiger partial charge in [-0.1, -0.05) is 49.4 Å². The molecule has 0 saturated carbocycles. The minimum absolute atomic E-state index is 0.152. The van der Waals surface area contributed by atoms with Crippen molar-refractivity contribution in [2.24, 2.45) is 0 Å². The van der Waals surface area contributed by atoms with Crippen LogP contribution in [0, 0.1) is 0 Å². The van der Waals surface area contributed by atoms with Crippen molar-refractivity contribution in [2.75, 3.05) is 10.6 Å². The first-order chi connectivity index (χ1) is 17.1. The third-order valence-corrected chi connectivity index (χ3v) is 5.51. The fraction of sp³-hybridized carbons (Fsp3) is 0.179. The molecule has 178 valence electrons. The molecule has 1 heterocycles. The number of rotatable bonds is 9. The van der Waals surface area contributed by atoms with Crippen LogP contribution in [0.25, 0.3) is 0 Å². The van der Waals surface area contributed by atoms with Crippen molar-refractivity contribution in [2.45, 2.75) is 33.4 Å². The first-order valence-corrected chi connectivity index (χ1v) is 11.6. The molecule has 7 heteroatoms. The van der Waals surface area contributed by atoms with Gasteiger partial charge in [0.25, 0.3) is 11.8 Å². The van der Waals surface area contributed by atoms with E-state index in [9.17, 15) is 9.59 Å². The summed E-state index contributed by atoms with van der Waals surface area (Å²) in [5.41, 5.74) is 3.73. The van der Waals surface area contributed by atoms with Crippen LogP contribution in [0.15, 0.2) is 85.1 Å². The van der Waals surface area contributed by atoms with Crippen LogP contribution in [0.4, 0.5) is 11.4 Å². The van der Waals surface area contributed by atoms with Crippen LogP contribution in [0.2, 0.25) is 0 Å². The minimum Gasteiger partial charge on any atom is -0.489 e. The summed E-state index contributed by atoms with van der Waals surface area (Å²) in [4.78, 5) is 25.9. The Morgan fingerprint density at radius 2 is 1.63 bits per heavy atom. The Morgan fingerprint density at radius 3 is 2.34 bits per heavy atom. The highest BCUT2D eigenvalue weighted by Crippen LogP contribution is 2.19. The standard InChI is InChI=1S/C28H28N4O3/c1-3-20-13-15-24(16-14-20)35-19-21-9-8-10-22(17-21)27(33)30-25-18-32(4-2)31-26(25)28(34)29-23-11-6-5-7-12-23/h5-18H,3-4,19H2,1-2H3,(H,29,34)(H,30,33). The number of anilines is 2. The van der Waals surface area contributed by atoms with Crippen LogP contribution in [-0.4, -0.2) is 21.6 Å².